The molecule has 2 aromatic heterocycles. The fraction of sp³-hybridized carbons (Fsp3) is 0.133. The first-order chi connectivity index (χ1) is 13.7. The third-order valence-electron chi connectivity index (χ3n) is 3.62. The van der Waals surface area contributed by atoms with Gasteiger partial charge in [-0.2, -0.15) is 9.98 Å². The molecular formula is C15H14FN4O5PS3. The largest absolute Gasteiger partial charge is 0.423 e. The Morgan fingerprint density at radius 1 is 1.28 bits per heavy atom. The number of nitrogens with zero attached hydrogens (tertiary/aromatic N) is 1. The zero-order valence-electron chi connectivity index (χ0n) is 14.5. The molecule has 1 aromatic carbocycles. The molecule has 0 fully saturated rings. The molecule has 14 heteroatoms. The van der Waals surface area contributed by atoms with Gasteiger partial charge < -0.3 is 10.3 Å². The number of hydrogen-bond acceptors (Lipinski definition) is 10. The van der Waals surface area contributed by atoms with Crippen molar-refractivity contribution in [3.05, 3.63) is 46.6 Å². The van der Waals surface area contributed by atoms with Crippen LogP contribution >= 0.6 is 30.3 Å². The average Bonchev–Trinajstić information content (AvgIpc) is 3.26. The van der Waals surface area contributed by atoms with Gasteiger partial charge in [-0.1, -0.05) is 0 Å². The molecule has 9 nitrogen and oxygen atoms in total. The molecule has 0 spiro atoms. The van der Waals surface area contributed by atoms with E-state index in [9.17, 15) is 17.4 Å². The summed E-state index contributed by atoms with van der Waals surface area (Å²) in [5.74, 6) is 3.88. The van der Waals surface area contributed by atoms with Crippen LogP contribution in [0.25, 0.3) is 9.40 Å². The highest BCUT2D eigenvalue weighted by Crippen LogP contribution is 2.46. The second kappa shape index (κ2) is 8.47. The molecule has 29 heavy (non-hydrogen) atoms. The normalized spacial score (nSPS) is 13.9. The van der Waals surface area contributed by atoms with E-state index in [1.807, 2.05) is 0 Å². The number of nitriles is 1. The van der Waals surface area contributed by atoms with Crippen LogP contribution in [-0.4, -0.2) is 14.7 Å². The summed E-state index contributed by atoms with van der Waals surface area (Å²) < 4.78 is 63.6. The Morgan fingerprint density at radius 2 is 2.03 bits per heavy atom. The molecule has 0 amide bonds. The number of nitrogens with two attached hydrogens (primary N) is 2. The van der Waals surface area contributed by atoms with Gasteiger partial charge in [0, 0.05) is 22.9 Å². The highest BCUT2D eigenvalue weighted by atomic mass is 32.2. The molecule has 3 aromatic rings. The standard InChI is InChI=1S/C15H14FN4O5PS3/c16-13-5-11(2-1-9(13)6-17)24-26(21,25-19)8-20-29(22,23)14-4-10-3-12(7-18)27-15(10)28-14/h1-5,20H,7-8,18-19H2. The molecule has 0 bridgehead atoms. The van der Waals surface area contributed by atoms with Crippen LogP contribution in [-0.2, 0) is 25.8 Å². The minimum Gasteiger partial charge on any atom is -0.423 e. The van der Waals surface area contributed by atoms with Crippen LogP contribution in [0.4, 0.5) is 4.39 Å². The van der Waals surface area contributed by atoms with E-state index < -0.39 is 29.7 Å². The monoisotopic (exact) mass is 476 g/mol. The Hall–Kier alpha value is -1.88. The topological polar surface area (TPSA) is 158 Å². The van der Waals surface area contributed by atoms with E-state index in [2.05, 4.69) is 9.35 Å². The number of thiophene rings is 2. The maximum Gasteiger partial charge on any atom is 0.410 e. The molecule has 0 aliphatic rings. The first-order valence-corrected chi connectivity index (χ1v) is 12.6. The molecule has 0 aliphatic heterocycles. The van der Waals surface area contributed by atoms with Crippen molar-refractivity contribution in [1.82, 2.24) is 4.72 Å². The Kier molecular flexibility index (Phi) is 6.37. The predicted molar refractivity (Wildman–Crippen MR) is 107 cm³/mol. The maximum atomic E-state index is 13.7. The van der Waals surface area contributed by atoms with Crippen molar-refractivity contribution in [2.24, 2.45) is 11.6 Å². The van der Waals surface area contributed by atoms with Gasteiger partial charge in [-0.15, -0.1) is 22.7 Å². The van der Waals surface area contributed by atoms with Crippen LogP contribution in [0, 0.1) is 17.1 Å². The lowest BCUT2D eigenvalue weighted by molar-refractivity contribution is 0.272. The number of benzene rings is 1. The molecule has 0 saturated carbocycles. The van der Waals surface area contributed by atoms with Crippen molar-refractivity contribution < 1.29 is 26.5 Å². The van der Waals surface area contributed by atoms with Gasteiger partial charge >= 0.3 is 7.60 Å². The van der Waals surface area contributed by atoms with E-state index in [-0.39, 0.29) is 15.5 Å². The first-order valence-electron chi connectivity index (χ1n) is 7.78. The lowest BCUT2D eigenvalue weighted by Crippen LogP contribution is -2.26. The van der Waals surface area contributed by atoms with Crippen LogP contribution in [0.15, 0.2) is 34.5 Å². The average molecular weight is 476 g/mol. The molecule has 2 heterocycles. The molecule has 0 aliphatic carbocycles. The summed E-state index contributed by atoms with van der Waals surface area (Å²) in [5.41, 5.74) is 5.33. The van der Waals surface area contributed by atoms with Crippen LogP contribution in [0.1, 0.15) is 10.4 Å². The van der Waals surface area contributed by atoms with Gasteiger partial charge in [-0.05, 0) is 24.3 Å². The quantitative estimate of drug-likeness (QED) is 0.331. The third-order valence-corrected chi connectivity index (χ3v) is 9.48. The van der Waals surface area contributed by atoms with Crippen molar-refractivity contribution >= 4 is 49.7 Å². The summed E-state index contributed by atoms with van der Waals surface area (Å²) in [4.78, 5) is 0.923. The van der Waals surface area contributed by atoms with Gasteiger partial charge in [0.25, 0.3) is 10.0 Å². The first kappa shape index (κ1) is 21.8. The highest BCUT2D eigenvalue weighted by molar-refractivity contribution is 7.92. The molecular weight excluding hydrogens is 462 g/mol. The number of rotatable bonds is 8. The molecule has 5 N–H and O–H groups in total. The van der Waals surface area contributed by atoms with Crippen LogP contribution < -0.4 is 20.9 Å². The van der Waals surface area contributed by atoms with E-state index in [0.29, 0.717) is 6.54 Å². The van der Waals surface area contributed by atoms with Gasteiger partial charge in [-0.3, -0.25) is 0 Å². The van der Waals surface area contributed by atoms with Crippen molar-refractivity contribution in [3.63, 3.8) is 0 Å². The van der Waals surface area contributed by atoms with E-state index in [1.54, 1.807) is 12.1 Å². The summed E-state index contributed by atoms with van der Waals surface area (Å²) in [6.07, 6.45) is -0.785. The number of sulfonamides is 1. The van der Waals surface area contributed by atoms with E-state index in [4.69, 9.17) is 21.4 Å². The summed E-state index contributed by atoms with van der Waals surface area (Å²) in [6.45, 7) is 0.358. The molecule has 1 unspecified atom stereocenters. The number of hydrogen-bond donors (Lipinski definition) is 3. The van der Waals surface area contributed by atoms with Crippen molar-refractivity contribution in [2.75, 3.05) is 6.29 Å². The van der Waals surface area contributed by atoms with Crippen molar-refractivity contribution in [1.29, 1.82) is 5.26 Å². The second-order valence-electron chi connectivity index (χ2n) is 5.59. The molecule has 3 rings (SSSR count). The Labute approximate surface area is 173 Å². The van der Waals surface area contributed by atoms with Gasteiger partial charge in [0.15, 0.2) is 0 Å². The molecule has 1 atom stereocenters. The number of nitrogens with one attached hydrogen (secondary N) is 1. The number of halogens is 1. The second-order valence-corrected chi connectivity index (χ2v) is 12.0. The summed E-state index contributed by atoms with van der Waals surface area (Å²) in [7, 11) is -8.21. The molecule has 0 radical (unpaired) electrons. The maximum absolute atomic E-state index is 13.7. The zero-order chi connectivity index (χ0) is 21.2. The smallest absolute Gasteiger partial charge is 0.410 e. The van der Waals surface area contributed by atoms with Crippen molar-refractivity contribution in [3.8, 4) is 11.8 Å². The van der Waals surface area contributed by atoms with E-state index >= 15 is 0 Å². The van der Waals surface area contributed by atoms with Gasteiger partial charge in [0.05, 0.1) is 9.58 Å². The fourth-order valence-corrected chi connectivity index (χ4v) is 7.71. The minimum absolute atomic E-state index is 0.00955. The number of fused-ring (bicyclic) bond motifs is 1. The lowest BCUT2D eigenvalue weighted by atomic mass is 10.2. The minimum atomic E-state index is -4.19. The van der Waals surface area contributed by atoms with Gasteiger partial charge in [0.1, 0.15) is 28.1 Å². The van der Waals surface area contributed by atoms with Gasteiger partial charge in [-0.25, -0.2) is 27.9 Å². The Bertz CT molecular complexity index is 1220. The Balaban J connectivity index is 1.75. The zero-order valence-corrected chi connectivity index (χ0v) is 17.8. The van der Waals surface area contributed by atoms with Crippen molar-refractivity contribution in [2.45, 2.75) is 10.8 Å². The highest BCUT2D eigenvalue weighted by Gasteiger charge is 2.30. The summed E-state index contributed by atoms with van der Waals surface area (Å²) in [6, 6.07) is 8.02. The van der Waals surface area contributed by atoms with Crippen LogP contribution in [0.3, 0.4) is 0 Å². The predicted octanol–water partition coefficient (Wildman–Crippen LogP) is 2.83. The van der Waals surface area contributed by atoms with E-state index in [1.165, 1.54) is 23.5 Å². The van der Waals surface area contributed by atoms with Crippen LogP contribution in [0.2, 0.25) is 0 Å². The molecule has 154 valence electrons. The fourth-order valence-electron chi connectivity index (χ4n) is 2.23. The lowest BCUT2D eigenvalue weighted by Gasteiger charge is -2.17. The van der Waals surface area contributed by atoms with Crippen LogP contribution in [0.5, 0.6) is 5.75 Å². The summed E-state index contributed by atoms with van der Waals surface area (Å²) in [5, 5.41) is 9.46. The Morgan fingerprint density at radius 3 is 2.62 bits per heavy atom. The third kappa shape index (κ3) is 4.82. The van der Waals surface area contributed by atoms with Gasteiger partial charge in [0.2, 0.25) is 0 Å². The summed E-state index contributed by atoms with van der Waals surface area (Å²) >= 11 is 2.43. The molecule has 0 saturated heterocycles. The van der Waals surface area contributed by atoms with E-state index in [0.717, 1.165) is 37.7 Å². The SMILES string of the molecule is N#Cc1ccc(OP(=O)(CNS(=O)(=O)c2cc3cc(CN)sc3s2)ON)cc1F.